The van der Waals surface area contributed by atoms with Gasteiger partial charge in [-0.15, -0.1) is 20.4 Å². The van der Waals surface area contributed by atoms with Gasteiger partial charge in [-0.1, -0.05) is 23.3 Å². The van der Waals surface area contributed by atoms with Gasteiger partial charge in [-0.25, -0.2) is 4.98 Å². The first-order chi connectivity index (χ1) is 19.5. The highest BCUT2D eigenvalue weighted by Gasteiger charge is 2.15. The Morgan fingerprint density at radius 1 is 1.02 bits per heavy atom. The maximum absolute atomic E-state index is 12.4. The quantitative estimate of drug-likeness (QED) is 0.296. The molecule has 2 N–H and O–H groups in total. The standard InChI is InChI=1S/C27H27N9O3S/c1-39-25-10-6-8-19(28-25)16-23(37)29-22-13-12-18(31-32-22)7-2-3-11-26-33-34-27(40-26)30-24(38)17-20-15-21-9-4-5-14-36(21)35-20/h6,8,10,12-13,15H,3-5,9,11,14,16-17H2,1H3,(H,29,32,37)(H,30,34,38). The van der Waals surface area contributed by atoms with Crippen LogP contribution in [0.5, 0.6) is 5.88 Å². The molecule has 0 aliphatic carbocycles. The number of carbonyl (C=O) groups excluding carboxylic acids is 2. The molecule has 4 aromatic heterocycles. The molecule has 204 valence electrons. The molecule has 0 aromatic carbocycles. The number of nitrogens with one attached hydrogen (secondary N) is 2. The van der Waals surface area contributed by atoms with Gasteiger partial charge in [-0.3, -0.25) is 14.3 Å². The molecule has 5 rings (SSSR count). The van der Waals surface area contributed by atoms with Crippen molar-refractivity contribution >= 4 is 34.1 Å². The molecule has 12 nitrogen and oxygen atoms in total. The summed E-state index contributed by atoms with van der Waals surface area (Å²) in [5.74, 6) is 6.35. The van der Waals surface area contributed by atoms with Crippen LogP contribution in [0.25, 0.3) is 0 Å². The first kappa shape index (κ1) is 26.9. The predicted molar refractivity (Wildman–Crippen MR) is 148 cm³/mol. The lowest BCUT2D eigenvalue weighted by atomic mass is 10.1. The number of anilines is 2. The average Bonchev–Trinajstić information content (AvgIpc) is 3.58. The van der Waals surface area contributed by atoms with Crippen molar-refractivity contribution in [3.05, 3.63) is 64.2 Å². The Labute approximate surface area is 234 Å². The molecule has 0 saturated carbocycles. The number of ether oxygens (including phenoxy) is 1. The Kier molecular flexibility index (Phi) is 8.67. The first-order valence-corrected chi connectivity index (χ1v) is 13.7. The minimum atomic E-state index is -0.262. The third kappa shape index (κ3) is 7.45. The lowest BCUT2D eigenvalue weighted by Crippen LogP contribution is -2.16. The smallest absolute Gasteiger partial charge is 0.232 e. The van der Waals surface area contributed by atoms with Crippen LogP contribution >= 0.6 is 11.3 Å². The molecule has 0 radical (unpaired) electrons. The van der Waals surface area contributed by atoms with Crippen LogP contribution in [0.15, 0.2) is 36.4 Å². The van der Waals surface area contributed by atoms with Gasteiger partial charge in [0, 0.05) is 31.1 Å². The summed E-state index contributed by atoms with van der Waals surface area (Å²) in [4.78, 5) is 28.9. The molecule has 5 heterocycles. The molecule has 13 heteroatoms. The molecule has 1 aliphatic rings. The number of methoxy groups -OCH3 is 1. The minimum Gasteiger partial charge on any atom is -0.481 e. The summed E-state index contributed by atoms with van der Waals surface area (Å²) in [6.45, 7) is 0.916. The fourth-order valence-electron chi connectivity index (χ4n) is 4.11. The number of pyridine rings is 1. The van der Waals surface area contributed by atoms with Crippen molar-refractivity contribution in [1.29, 1.82) is 0 Å². The fourth-order valence-corrected chi connectivity index (χ4v) is 4.86. The van der Waals surface area contributed by atoms with E-state index in [-0.39, 0.29) is 24.7 Å². The van der Waals surface area contributed by atoms with Crippen molar-refractivity contribution in [3.63, 3.8) is 0 Å². The van der Waals surface area contributed by atoms with E-state index in [0.29, 0.717) is 41.1 Å². The summed E-state index contributed by atoms with van der Waals surface area (Å²) in [6, 6.07) is 10.6. The van der Waals surface area contributed by atoms with Crippen LogP contribution in [0.4, 0.5) is 10.9 Å². The molecule has 4 aromatic rings. The summed E-state index contributed by atoms with van der Waals surface area (Å²) >= 11 is 1.33. The molecule has 40 heavy (non-hydrogen) atoms. The van der Waals surface area contributed by atoms with E-state index in [1.165, 1.54) is 30.6 Å². The maximum atomic E-state index is 12.4. The second-order valence-electron chi connectivity index (χ2n) is 9.03. The van der Waals surface area contributed by atoms with Crippen LogP contribution in [-0.2, 0) is 41.8 Å². The zero-order chi connectivity index (χ0) is 27.7. The lowest BCUT2D eigenvalue weighted by molar-refractivity contribution is -0.116. The minimum absolute atomic E-state index is 0.0870. The summed E-state index contributed by atoms with van der Waals surface area (Å²) in [6.07, 6.45) is 4.73. The van der Waals surface area contributed by atoms with Gasteiger partial charge in [0.2, 0.25) is 22.8 Å². The Morgan fingerprint density at radius 2 is 1.90 bits per heavy atom. The van der Waals surface area contributed by atoms with E-state index < -0.39 is 0 Å². The molecular formula is C27H27N9O3S. The Morgan fingerprint density at radius 3 is 2.73 bits per heavy atom. The summed E-state index contributed by atoms with van der Waals surface area (Å²) in [5.41, 5.74) is 3.04. The SMILES string of the molecule is COc1cccc(CC(=O)Nc2ccc(C#CCCc3nnc(NC(=O)Cc4cc5n(n4)CCCC5)s3)nn2)n1. The number of hydrogen-bond donors (Lipinski definition) is 2. The fraction of sp³-hybridized carbons (Fsp3) is 0.333. The number of aromatic nitrogens is 7. The van der Waals surface area contributed by atoms with Gasteiger partial charge in [0.1, 0.15) is 10.7 Å². The summed E-state index contributed by atoms with van der Waals surface area (Å²) < 4.78 is 7.07. The van der Waals surface area contributed by atoms with Gasteiger partial charge in [0.25, 0.3) is 0 Å². The van der Waals surface area contributed by atoms with Crippen LogP contribution in [0.2, 0.25) is 0 Å². The highest BCUT2D eigenvalue weighted by atomic mass is 32.1. The van der Waals surface area contributed by atoms with Crippen LogP contribution in [0, 0.1) is 11.8 Å². The lowest BCUT2D eigenvalue weighted by Gasteiger charge is -2.11. The summed E-state index contributed by atoms with van der Waals surface area (Å²) in [5, 5.41) is 27.5. The third-order valence-corrected chi connectivity index (χ3v) is 6.86. The van der Waals surface area contributed by atoms with Crippen molar-refractivity contribution in [2.45, 2.75) is 51.5 Å². The Bertz CT molecular complexity index is 1530. The van der Waals surface area contributed by atoms with Gasteiger partial charge < -0.3 is 15.4 Å². The van der Waals surface area contributed by atoms with Crippen LogP contribution < -0.4 is 15.4 Å². The third-order valence-electron chi connectivity index (χ3n) is 5.97. The monoisotopic (exact) mass is 557 g/mol. The van der Waals surface area contributed by atoms with Crippen molar-refractivity contribution in [2.75, 3.05) is 17.7 Å². The van der Waals surface area contributed by atoms with Gasteiger partial charge in [0.05, 0.1) is 31.3 Å². The molecule has 0 saturated heterocycles. The first-order valence-electron chi connectivity index (χ1n) is 12.8. The van der Waals surface area contributed by atoms with Crippen LogP contribution in [-0.4, -0.2) is 54.1 Å². The van der Waals surface area contributed by atoms with Crippen molar-refractivity contribution in [2.24, 2.45) is 0 Å². The largest absolute Gasteiger partial charge is 0.481 e. The molecule has 0 unspecified atom stereocenters. The topological polar surface area (TPSA) is 150 Å². The maximum Gasteiger partial charge on any atom is 0.232 e. The van der Waals surface area contributed by atoms with E-state index >= 15 is 0 Å². The summed E-state index contributed by atoms with van der Waals surface area (Å²) in [7, 11) is 1.52. The molecule has 1 aliphatic heterocycles. The number of rotatable bonds is 9. The molecule has 0 fully saturated rings. The molecular weight excluding hydrogens is 530 g/mol. The molecule has 0 spiro atoms. The molecule has 2 amide bonds. The second kappa shape index (κ2) is 12.9. The van der Waals surface area contributed by atoms with Crippen LogP contribution in [0.1, 0.15) is 47.0 Å². The van der Waals surface area contributed by atoms with E-state index in [9.17, 15) is 9.59 Å². The van der Waals surface area contributed by atoms with E-state index in [1.807, 2.05) is 10.7 Å². The number of amides is 2. The number of nitrogens with zero attached hydrogens (tertiary/aromatic N) is 7. The van der Waals surface area contributed by atoms with Gasteiger partial charge >= 0.3 is 0 Å². The van der Waals surface area contributed by atoms with Crippen LogP contribution in [0.3, 0.4) is 0 Å². The number of aryl methyl sites for hydroxylation is 3. The highest BCUT2D eigenvalue weighted by molar-refractivity contribution is 7.15. The number of carbonyl (C=O) groups is 2. The average molecular weight is 558 g/mol. The van der Waals surface area contributed by atoms with Gasteiger partial charge in [-0.05, 0) is 49.4 Å². The molecule has 0 atom stereocenters. The van der Waals surface area contributed by atoms with Crippen molar-refractivity contribution in [3.8, 4) is 17.7 Å². The zero-order valence-corrected chi connectivity index (χ0v) is 22.7. The normalized spacial score (nSPS) is 12.1. The van der Waals surface area contributed by atoms with E-state index in [1.54, 1.807) is 30.3 Å². The highest BCUT2D eigenvalue weighted by Crippen LogP contribution is 2.18. The predicted octanol–water partition coefficient (Wildman–Crippen LogP) is 2.61. The number of fused-ring (bicyclic) bond motifs is 1. The van der Waals surface area contributed by atoms with Gasteiger partial charge in [-0.2, -0.15) is 5.10 Å². The zero-order valence-electron chi connectivity index (χ0n) is 21.9. The Hall–Kier alpha value is -4.70. The Balaban J connectivity index is 1.05. The van der Waals surface area contributed by atoms with E-state index in [4.69, 9.17) is 4.74 Å². The van der Waals surface area contributed by atoms with Crippen molar-refractivity contribution in [1.82, 2.24) is 35.2 Å². The molecule has 0 bridgehead atoms. The number of hydrogen-bond acceptors (Lipinski definition) is 10. The van der Waals surface area contributed by atoms with Crippen molar-refractivity contribution < 1.29 is 14.3 Å². The second-order valence-corrected chi connectivity index (χ2v) is 10.1. The van der Waals surface area contributed by atoms with Gasteiger partial charge in [0.15, 0.2) is 5.82 Å². The van der Waals surface area contributed by atoms with E-state index in [0.717, 1.165) is 30.1 Å². The van der Waals surface area contributed by atoms with E-state index in [2.05, 4.69) is 53.0 Å².